The van der Waals surface area contributed by atoms with E-state index in [1.165, 1.54) is 17.0 Å². The smallest absolute Gasteiger partial charge is 0.328 e. The van der Waals surface area contributed by atoms with Gasteiger partial charge in [-0.15, -0.1) is 0 Å². The summed E-state index contributed by atoms with van der Waals surface area (Å²) in [5, 5.41) is 0. The normalized spacial score (nSPS) is 11.2. The second kappa shape index (κ2) is 5.25. The highest BCUT2D eigenvalue weighted by atomic mass is 19.1. The predicted molar refractivity (Wildman–Crippen MR) is 80.3 cm³/mol. The topological polar surface area (TPSA) is 61.8 Å². The van der Waals surface area contributed by atoms with E-state index in [4.69, 9.17) is 0 Å². The van der Waals surface area contributed by atoms with Crippen LogP contribution in [0.1, 0.15) is 5.56 Å². The molecule has 0 spiro atoms. The fraction of sp³-hybridized carbons (Fsp3) is 0.267. The van der Waals surface area contributed by atoms with Gasteiger partial charge in [-0.05, 0) is 18.1 Å². The molecule has 0 aliphatic heterocycles. The van der Waals surface area contributed by atoms with Gasteiger partial charge in [0.25, 0.3) is 5.56 Å². The molecule has 0 saturated heterocycles. The molecule has 0 fully saturated rings. The standard InChI is InChI=1S/C15H15FN4O2/c1-18-9-17-13-12(18)14(21)20(15(22)19(13)2)8-7-10-5-3-4-6-11(10)16/h3-6,9H,7-8H2,1-2H3. The van der Waals surface area contributed by atoms with Crippen LogP contribution in [0, 0.1) is 5.82 Å². The highest BCUT2D eigenvalue weighted by molar-refractivity contribution is 5.69. The molecule has 2 aromatic heterocycles. The predicted octanol–water partition coefficient (Wildman–Crippen LogP) is 0.815. The zero-order valence-corrected chi connectivity index (χ0v) is 12.3. The van der Waals surface area contributed by atoms with Gasteiger partial charge in [0, 0.05) is 20.6 Å². The summed E-state index contributed by atoms with van der Waals surface area (Å²) in [5.41, 5.74) is 0.318. The molecule has 0 atom stereocenters. The largest absolute Gasteiger partial charge is 0.332 e. The lowest BCUT2D eigenvalue weighted by atomic mass is 10.1. The van der Waals surface area contributed by atoms with Gasteiger partial charge in [0.1, 0.15) is 5.82 Å². The molecule has 0 aliphatic carbocycles. The summed E-state index contributed by atoms with van der Waals surface area (Å²) in [7, 11) is 3.26. The van der Waals surface area contributed by atoms with E-state index in [0.717, 1.165) is 4.57 Å². The Balaban J connectivity index is 2.08. The maximum absolute atomic E-state index is 13.7. The maximum Gasteiger partial charge on any atom is 0.332 e. The Morgan fingerprint density at radius 1 is 1.18 bits per heavy atom. The van der Waals surface area contributed by atoms with Crippen LogP contribution in [0.25, 0.3) is 11.2 Å². The van der Waals surface area contributed by atoms with Crippen molar-refractivity contribution in [2.75, 3.05) is 0 Å². The highest BCUT2D eigenvalue weighted by Gasteiger charge is 2.15. The first-order chi connectivity index (χ1) is 10.5. The molecule has 0 aliphatic rings. The number of rotatable bonds is 3. The number of hydrogen-bond donors (Lipinski definition) is 0. The molecule has 114 valence electrons. The van der Waals surface area contributed by atoms with Crippen LogP contribution in [0.2, 0.25) is 0 Å². The van der Waals surface area contributed by atoms with Gasteiger partial charge in [0.2, 0.25) is 0 Å². The van der Waals surface area contributed by atoms with Crippen molar-refractivity contribution < 1.29 is 4.39 Å². The van der Waals surface area contributed by atoms with Gasteiger partial charge < -0.3 is 4.57 Å². The molecule has 22 heavy (non-hydrogen) atoms. The SMILES string of the molecule is Cn1cnc2c1c(=O)n(CCc1ccccc1F)c(=O)n2C. The molecule has 0 N–H and O–H groups in total. The molecule has 0 unspecified atom stereocenters. The van der Waals surface area contributed by atoms with Crippen molar-refractivity contribution >= 4 is 11.2 Å². The van der Waals surface area contributed by atoms with Crippen LogP contribution < -0.4 is 11.2 Å². The number of hydrogen-bond acceptors (Lipinski definition) is 3. The summed E-state index contributed by atoms with van der Waals surface area (Å²) in [6, 6.07) is 6.34. The van der Waals surface area contributed by atoms with Crippen LogP contribution in [0.3, 0.4) is 0 Å². The van der Waals surface area contributed by atoms with E-state index in [2.05, 4.69) is 4.98 Å². The molecule has 7 heteroatoms. The fourth-order valence-corrected chi connectivity index (χ4v) is 2.53. The summed E-state index contributed by atoms with van der Waals surface area (Å²) in [6.45, 7) is 0.119. The number of nitrogens with zero attached hydrogens (tertiary/aromatic N) is 4. The van der Waals surface area contributed by atoms with E-state index in [9.17, 15) is 14.0 Å². The van der Waals surface area contributed by atoms with E-state index in [-0.39, 0.29) is 18.8 Å². The minimum atomic E-state index is -0.451. The number of aryl methyl sites for hydroxylation is 3. The minimum Gasteiger partial charge on any atom is -0.328 e. The van der Waals surface area contributed by atoms with Crippen LogP contribution in [-0.2, 0) is 27.1 Å². The number of halogens is 1. The zero-order valence-electron chi connectivity index (χ0n) is 12.3. The van der Waals surface area contributed by atoms with Crippen molar-refractivity contribution in [3.63, 3.8) is 0 Å². The molecule has 2 heterocycles. The minimum absolute atomic E-state index is 0.119. The van der Waals surface area contributed by atoms with Crippen LogP contribution >= 0.6 is 0 Å². The molecular formula is C15H15FN4O2. The molecule has 3 aromatic rings. The molecule has 3 rings (SSSR count). The molecule has 6 nitrogen and oxygen atoms in total. The Bertz CT molecular complexity index is 968. The third-order valence-electron chi connectivity index (χ3n) is 3.76. The summed E-state index contributed by atoms with van der Waals surface area (Å²) in [6.07, 6.45) is 1.76. The van der Waals surface area contributed by atoms with Crippen LogP contribution in [0.5, 0.6) is 0 Å². The Morgan fingerprint density at radius 2 is 1.91 bits per heavy atom. The Kier molecular flexibility index (Phi) is 3.40. The summed E-state index contributed by atoms with van der Waals surface area (Å²) < 4.78 is 17.7. The van der Waals surface area contributed by atoms with E-state index in [1.54, 1.807) is 36.9 Å². The first-order valence-corrected chi connectivity index (χ1v) is 6.85. The number of imidazole rings is 1. The van der Waals surface area contributed by atoms with Crippen molar-refractivity contribution in [1.29, 1.82) is 0 Å². The Hall–Kier alpha value is -2.70. The van der Waals surface area contributed by atoms with E-state index >= 15 is 0 Å². The number of benzene rings is 1. The highest BCUT2D eigenvalue weighted by Crippen LogP contribution is 2.08. The van der Waals surface area contributed by atoms with E-state index < -0.39 is 11.2 Å². The third-order valence-corrected chi connectivity index (χ3v) is 3.76. The summed E-state index contributed by atoms with van der Waals surface area (Å²) in [4.78, 5) is 28.9. The van der Waals surface area contributed by atoms with Crippen LogP contribution in [-0.4, -0.2) is 18.7 Å². The Morgan fingerprint density at radius 3 is 2.64 bits per heavy atom. The first kappa shape index (κ1) is 14.2. The van der Waals surface area contributed by atoms with Gasteiger partial charge in [-0.1, -0.05) is 18.2 Å². The van der Waals surface area contributed by atoms with Crippen LogP contribution in [0.15, 0.2) is 40.2 Å². The average Bonchev–Trinajstić information content (AvgIpc) is 2.89. The third kappa shape index (κ3) is 2.14. The van der Waals surface area contributed by atoms with Crippen molar-refractivity contribution in [3.8, 4) is 0 Å². The van der Waals surface area contributed by atoms with Crippen molar-refractivity contribution in [1.82, 2.24) is 18.7 Å². The summed E-state index contributed by atoms with van der Waals surface area (Å²) in [5.74, 6) is -0.339. The van der Waals surface area contributed by atoms with Gasteiger partial charge in [0.15, 0.2) is 11.2 Å². The van der Waals surface area contributed by atoms with E-state index in [0.29, 0.717) is 16.7 Å². The van der Waals surface area contributed by atoms with Gasteiger partial charge in [-0.2, -0.15) is 0 Å². The molecule has 0 bridgehead atoms. The quantitative estimate of drug-likeness (QED) is 0.719. The molecule has 0 saturated carbocycles. The Labute approximate surface area is 125 Å². The maximum atomic E-state index is 13.7. The number of aromatic nitrogens is 4. The second-order valence-electron chi connectivity index (χ2n) is 5.17. The van der Waals surface area contributed by atoms with Gasteiger partial charge >= 0.3 is 5.69 Å². The molecule has 0 amide bonds. The molecule has 1 aromatic carbocycles. The van der Waals surface area contributed by atoms with Crippen molar-refractivity contribution in [2.45, 2.75) is 13.0 Å². The average molecular weight is 302 g/mol. The fourth-order valence-electron chi connectivity index (χ4n) is 2.53. The first-order valence-electron chi connectivity index (χ1n) is 6.85. The lowest BCUT2D eigenvalue weighted by Gasteiger charge is -2.09. The molecule has 0 radical (unpaired) electrons. The summed E-state index contributed by atoms with van der Waals surface area (Å²) >= 11 is 0. The zero-order chi connectivity index (χ0) is 15.9. The van der Waals surface area contributed by atoms with Crippen LogP contribution in [0.4, 0.5) is 4.39 Å². The van der Waals surface area contributed by atoms with Gasteiger partial charge in [0.05, 0.1) is 6.33 Å². The second-order valence-corrected chi connectivity index (χ2v) is 5.17. The monoisotopic (exact) mass is 302 g/mol. The lowest BCUT2D eigenvalue weighted by molar-refractivity contribution is 0.568. The van der Waals surface area contributed by atoms with Gasteiger partial charge in [-0.25, -0.2) is 14.2 Å². The molecular weight excluding hydrogens is 287 g/mol. The number of fused-ring (bicyclic) bond motifs is 1. The van der Waals surface area contributed by atoms with Crippen molar-refractivity contribution in [2.24, 2.45) is 14.1 Å². The van der Waals surface area contributed by atoms with Crippen molar-refractivity contribution in [3.05, 3.63) is 62.8 Å². The lowest BCUT2D eigenvalue weighted by Crippen LogP contribution is -2.40. The van der Waals surface area contributed by atoms with Gasteiger partial charge in [-0.3, -0.25) is 13.9 Å². The van der Waals surface area contributed by atoms with E-state index in [1.807, 2.05) is 0 Å².